The SMILES string of the molecule is CCCC(N)C(=O)N1CCN(C(=O)c2ccccc2OCC)CC1. The van der Waals surface area contributed by atoms with E-state index in [1.807, 2.05) is 26.0 Å². The Labute approximate surface area is 143 Å². The molecule has 1 unspecified atom stereocenters. The van der Waals surface area contributed by atoms with E-state index >= 15 is 0 Å². The highest BCUT2D eigenvalue weighted by molar-refractivity contribution is 5.97. The van der Waals surface area contributed by atoms with E-state index in [1.54, 1.807) is 21.9 Å². The van der Waals surface area contributed by atoms with Crippen molar-refractivity contribution in [3.63, 3.8) is 0 Å². The molecule has 2 rings (SSSR count). The zero-order valence-electron chi connectivity index (χ0n) is 14.5. The monoisotopic (exact) mass is 333 g/mol. The van der Waals surface area contributed by atoms with Crippen LogP contribution in [-0.2, 0) is 4.79 Å². The fraction of sp³-hybridized carbons (Fsp3) is 0.556. The third-order valence-corrected chi connectivity index (χ3v) is 4.21. The van der Waals surface area contributed by atoms with Crippen molar-refractivity contribution in [2.24, 2.45) is 5.73 Å². The van der Waals surface area contributed by atoms with Crippen molar-refractivity contribution >= 4 is 11.8 Å². The number of piperazine rings is 1. The van der Waals surface area contributed by atoms with Crippen molar-refractivity contribution < 1.29 is 14.3 Å². The summed E-state index contributed by atoms with van der Waals surface area (Å²) in [6.45, 7) is 6.51. The summed E-state index contributed by atoms with van der Waals surface area (Å²) in [5.41, 5.74) is 6.48. The Morgan fingerprint density at radius 3 is 2.38 bits per heavy atom. The predicted octanol–water partition coefficient (Wildman–Crippen LogP) is 1.50. The van der Waals surface area contributed by atoms with E-state index in [-0.39, 0.29) is 11.8 Å². The van der Waals surface area contributed by atoms with Gasteiger partial charge in [0.15, 0.2) is 0 Å². The Hall–Kier alpha value is -2.08. The van der Waals surface area contributed by atoms with Gasteiger partial charge in [-0.3, -0.25) is 9.59 Å². The van der Waals surface area contributed by atoms with Gasteiger partial charge in [0, 0.05) is 26.2 Å². The molecule has 0 radical (unpaired) electrons. The molecule has 1 fully saturated rings. The minimum atomic E-state index is -0.434. The number of hydrogen-bond acceptors (Lipinski definition) is 4. The van der Waals surface area contributed by atoms with Gasteiger partial charge < -0.3 is 20.3 Å². The summed E-state index contributed by atoms with van der Waals surface area (Å²) < 4.78 is 5.54. The van der Waals surface area contributed by atoms with Gasteiger partial charge in [-0.25, -0.2) is 0 Å². The molecule has 24 heavy (non-hydrogen) atoms. The molecule has 1 atom stereocenters. The van der Waals surface area contributed by atoms with Crippen molar-refractivity contribution in [3.8, 4) is 5.75 Å². The summed E-state index contributed by atoms with van der Waals surface area (Å²) in [6.07, 6.45) is 1.58. The normalized spacial score (nSPS) is 16.0. The van der Waals surface area contributed by atoms with Crippen LogP contribution in [0.5, 0.6) is 5.75 Å². The fourth-order valence-corrected chi connectivity index (χ4v) is 2.89. The van der Waals surface area contributed by atoms with E-state index in [2.05, 4.69) is 0 Å². The quantitative estimate of drug-likeness (QED) is 0.856. The van der Waals surface area contributed by atoms with E-state index in [0.717, 1.165) is 6.42 Å². The molecule has 2 amide bonds. The molecule has 0 aromatic heterocycles. The Bertz CT molecular complexity index is 568. The molecule has 1 aromatic rings. The highest BCUT2D eigenvalue weighted by atomic mass is 16.5. The van der Waals surface area contributed by atoms with Crippen LogP contribution in [0.3, 0.4) is 0 Å². The standard InChI is InChI=1S/C18H27N3O3/c1-3-7-15(19)18(23)21-12-10-20(11-13-21)17(22)14-8-5-6-9-16(14)24-4-2/h5-6,8-9,15H,3-4,7,10-13,19H2,1-2H3. The first kappa shape index (κ1) is 18.3. The minimum absolute atomic E-state index is 0.0151. The van der Waals surface area contributed by atoms with Gasteiger partial charge in [-0.1, -0.05) is 25.5 Å². The van der Waals surface area contributed by atoms with Crippen molar-refractivity contribution in [1.29, 1.82) is 0 Å². The summed E-state index contributed by atoms with van der Waals surface area (Å²) in [5, 5.41) is 0. The van der Waals surface area contributed by atoms with Crippen LogP contribution < -0.4 is 10.5 Å². The fourth-order valence-electron chi connectivity index (χ4n) is 2.89. The molecule has 1 aliphatic rings. The second kappa shape index (κ2) is 8.68. The van der Waals surface area contributed by atoms with E-state index in [1.165, 1.54) is 0 Å². The number of carbonyl (C=O) groups is 2. The Balaban J connectivity index is 1.97. The number of rotatable bonds is 6. The molecular formula is C18H27N3O3. The summed E-state index contributed by atoms with van der Waals surface area (Å²) >= 11 is 0. The minimum Gasteiger partial charge on any atom is -0.493 e. The number of para-hydroxylation sites is 1. The number of benzene rings is 1. The number of ether oxygens (including phenoxy) is 1. The molecule has 1 aliphatic heterocycles. The summed E-state index contributed by atoms with van der Waals surface area (Å²) in [7, 11) is 0. The largest absolute Gasteiger partial charge is 0.493 e. The number of nitrogens with two attached hydrogens (primary N) is 1. The van der Waals surface area contributed by atoms with E-state index < -0.39 is 6.04 Å². The third-order valence-electron chi connectivity index (χ3n) is 4.21. The van der Waals surface area contributed by atoms with Crippen LogP contribution in [0.25, 0.3) is 0 Å². The first-order valence-electron chi connectivity index (χ1n) is 8.63. The number of amides is 2. The number of carbonyl (C=O) groups excluding carboxylic acids is 2. The van der Waals surface area contributed by atoms with Crippen molar-refractivity contribution in [2.75, 3.05) is 32.8 Å². The smallest absolute Gasteiger partial charge is 0.257 e. The molecule has 0 bridgehead atoms. The molecular weight excluding hydrogens is 306 g/mol. The van der Waals surface area contributed by atoms with Gasteiger partial charge >= 0.3 is 0 Å². The highest BCUT2D eigenvalue weighted by Gasteiger charge is 2.28. The predicted molar refractivity (Wildman–Crippen MR) is 93.0 cm³/mol. The number of hydrogen-bond donors (Lipinski definition) is 1. The maximum atomic E-state index is 12.7. The molecule has 0 saturated carbocycles. The van der Waals surface area contributed by atoms with Crippen LogP contribution in [0.2, 0.25) is 0 Å². The number of nitrogens with zero attached hydrogens (tertiary/aromatic N) is 2. The highest BCUT2D eigenvalue weighted by Crippen LogP contribution is 2.20. The van der Waals surface area contributed by atoms with Gasteiger partial charge in [0.1, 0.15) is 5.75 Å². The summed E-state index contributed by atoms with van der Waals surface area (Å²) in [4.78, 5) is 28.5. The molecule has 6 nitrogen and oxygen atoms in total. The molecule has 6 heteroatoms. The lowest BCUT2D eigenvalue weighted by atomic mass is 10.1. The lowest BCUT2D eigenvalue weighted by Gasteiger charge is -2.36. The van der Waals surface area contributed by atoms with E-state index in [9.17, 15) is 9.59 Å². The molecule has 0 aliphatic carbocycles. The second-order valence-corrected chi connectivity index (χ2v) is 5.94. The first-order chi connectivity index (χ1) is 11.6. The maximum absolute atomic E-state index is 12.7. The van der Waals surface area contributed by atoms with Gasteiger partial charge in [-0.05, 0) is 25.5 Å². The van der Waals surface area contributed by atoms with Crippen LogP contribution in [0.1, 0.15) is 37.0 Å². The average Bonchev–Trinajstić information content (AvgIpc) is 2.61. The Morgan fingerprint density at radius 2 is 1.75 bits per heavy atom. The van der Waals surface area contributed by atoms with Crippen LogP contribution in [0.15, 0.2) is 24.3 Å². The van der Waals surface area contributed by atoms with Crippen molar-refractivity contribution in [3.05, 3.63) is 29.8 Å². The third kappa shape index (κ3) is 4.26. The maximum Gasteiger partial charge on any atom is 0.257 e. The van der Waals surface area contributed by atoms with Gasteiger partial charge in [0.2, 0.25) is 5.91 Å². The van der Waals surface area contributed by atoms with Crippen LogP contribution in [0, 0.1) is 0 Å². The van der Waals surface area contributed by atoms with Crippen LogP contribution >= 0.6 is 0 Å². The summed E-state index contributed by atoms with van der Waals surface area (Å²) in [5.74, 6) is 0.538. The van der Waals surface area contributed by atoms with Gasteiger partial charge in [-0.15, -0.1) is 0 Å². The van der Waals surface area contributed by atoms with Crippen molar-refractivity contribution in [2.45, 2.75) is 32.7 Å². The first-order valence-corrected chi connectivity index (χ1v) is 8.63. The molecule has 1 aromatic carbocycles. The van der Waals surface area contributed by atoms with Gasteiger partial charge in [0.05, 0.1) is 18.2 Å². The molecule has 1 saturated heterocycles. The van der Waals surface area contributed by atoms with Crippen molar-refractivity contribution in [1.82, 2.24) is 9.80 Å². The van der Waals surface area contributed by atoms with Gasteiger partial charge in [0.25, 0.3) is 5.91 Å². The lowest BCUT2D eigenvalue weighted by Crippen LogP contribution is -2.54. The Morgan fingerprint density at radius 1 is 1.12 bits per heavy atom. The molecule has 1 heterocycles. The average molecular weight is 333 g/mol. The lowest BCUT2D eigenvalue weighted by molar-refractivity contribution is -0.134. The van der Waals surface area contributed by atoms with Crippen LogP contribution in [-0.4, -0.2) is 60.4 Å². The van der Waals surface area contributed by atoms with E-state index in [0.29, 0.717) is 50.5 Å². The van der Waals surface area contributed by atoms with E-state index in [4.69, 9.17) is 10.5 Å². The topological polar surface area (TPSA) is 75.9 Å². The molecule has 132 valence electrons. The molecule has 2 N–H and O–H groups in total. The Kier molecular flexibility index (Phi) is 6.61. The molecule has 0 spiro atoms. The zero-order chi connectivity index (χ0) is 17.5. The summed E-state index contributed by atoms with van der Waals surface area (Å²) in [6, 6.07) is 6.84. The van der Waals surface area contributed by atoms with Gasteiger partial charge in [-0.2, -0.15) is 0 Å². The van der Waals surface area contributed by atoms with Crippen LogP contribution in [0.4, 0.5) is 0 Å². The second-order valence-electron chi connectivity index (χ2n) is 5.94. The zero-order valence-corrected chi connectivity index (χ0v) is 14.5.